The number of sulfone groups is 1. The predicted molar refractivity (Wildman–Crippen MR) is 75.5 cm³/mol. The van der Waals surface area contributed by atoms with Crippen LogP contribution in [-0.4, -0.2) is 32.0 Å². The van der Waals surface area contributed by atoms with Gasteiger partial charge in [-0.2, -0.15) is 0 Å². The summed E-state index contributed by atoms with van der Waals surface area (Å²) in [4.78, 5) is 0. The van der Waals surface area contributed by atoms with Gasteiger partial charge >= 0.3 is 0 Å². The molecule has 2 aliphatic rings. The fraction of sp³-hybridized carbons (Fsp3) is 1.00. The Bertz CT molecular complexity index is 361. The lowest BCUT2D eigenvalue weighted by molar-refractivity contribution is 0.305. The van der Waals surface area contributed by atoms with Gasteiger partial charge in [0.1, 0.15) is 9.84 Å². The zero-order valence-electron chi connectivity index (χ0n) is 11.7. The van der Waals surface area contributed by atoms with E-state index < -0.39 is 9.84 Å². The minimum absolute atomic E-state index is 0.378. The lowest BCUT2D eigenvalue weighted by Gasteiger charge is -2.28. The van der Waals surface area contributed by atoms with Crippen molar-refractivity contribution >= 4 is 9.84 Å². The molecule has 2 rings (SSSR count). The van der Waals surface area contributed by atoms with Gasteiger partial charge in [0.2, 0.25) is 0 Å². The standard InChI is InChI=1S/C14H27NO2S/c1-14(2)8-3-4-12(5-9-14)15-13-6-10-18(16,17)11-7-13/h12-13,15H,3-11H2,1-2H3. The van der Waals surface area contributed by atoms with E-state index in [9.17, 15) is 8.42 Å². The van der Waals surface area contributed by atoms with E-state index in [-0.39, 0.29) is 0 Å². The molecule has 4 heteroatoms. The maximum Gasteiger partial charge on any atom is 0.150 e. The SMILES string of the molecule is CC1(C)CCCC(NC2CCS(=O)(=O)CC2)CC1. The molecule has 0 bridgehead atoms. The molecule has 18 heavy (non-hydrogen) atoms. The van der Waals surface area contributed by atoms with Crippen LogP contribution in [0.5, 0.6) is 0 Å². The van der Waals surface area contributed by atoms with E-state index in [1.54, 1.807) is 0 Å². The van der Waals surface area contributed by atoms with Crippen LogP contribution in [0, 0.1) is 5.41 Å². The van der Waals surface area contributed by atoms with Crippen LogP contribution in [0.15, 0.2) is 0 Å². The summed E-state index contributed by atoms with van der Waals surface area (Å²) in [6, 6.07) is 1.04. The van der Waals surface area contributed by atoms with Crippen molar-refractivity contribution in [2.75, 3.05) is 11.5 Å². The van der Waals surface area contributed by atoms with Crippen LogP contribution in [0.25, 0.3) is 0 Å². The zero-order valence-corrected chi connectivity index (χ0v) is 12.6. The Morgan fingerprint density at radius 1 is 0.944 bits per heavy atom. The highest BCUT2D eigenvalue weighted by molar-refractivity contribution is 7.91. The van der Waals surface area contributed by atoms with Crippen LogP contribution in [0.3, 0.4) is 0 Å². The number of hydrogen-bond acceptors (Lipinski definition) is 3. The van der Waals surface area contributed by atoms with Crippen LogP contribution >= 0.6 is 0 Å². The largest absolute Gasteiger partial charge is 0.311 e. The molecular formula is C14H27NO2S. The van der Waals surface area contributed by atoms with E-state index in [0.717, 1.165) is 12.8 Å². The molecule has 2 fully saturated rings. The molecule has 0 amide bonds. The van der Waals surface area contributed by atoms with Gasteiger partial charge in [-0.3, -0.25) is 0 Å². The van der Waals surface area contributed by atoms with Crippen LogP contribution in [0.4, 0.5) is 0 Å². The topological polar surface area (TPSA) is 46.2 Å². The third-order valence-corrected chi connectivity index (χ3v) is 6.32. The van der Waals surface area contributed by atoms with Crippen molar-refractivity contribution in [2.24, 2.45) is 5.41 Å². The average Bonchev–Trinajstić information content (AvgIpc) is 2.44. The predicted octanol–water partition coefficient (Wildman–Crippen LogP) is 2.51. The summed E-state index contributed by atoms with van der Waals surface area (Å²) >= 11 is 0. The Morgan fingerprint density at radius 3 is 2.22 bits per heavy atom. The Balaban J connectivity index is 1.80. The Kier molecular flexibility index (Phi) is 4.37. The molecule has 0 aromatic heterocycles. The maximum absolute atomic E-state index is 11.4. The van der Waals surface area contributed by atoms with Gasteiger partial charge in [-0.15, -0.1) is 0 Å². The van der Waals surface area contributed by atoms with Crippen molar-refractivity contribution in [3.63, 3.8) is 0 Å². The second-order valence-corrected chi connectivity index (χ2v) is 9.19. The molecular weight excluding hydrogens is 246 g/mol. The summed E-state index contributed by atoms with van der Waals surface area (Å²) in [5, 5.41) is 3.71. The van der Waals surface area contributed by atoms with Crippen molar-refractivity contribution in [3.8, 4) is 0 Å². The Labute approximate surface area is 112 Å². The fourth-order valence-electron chi connectivity index (χ4n) is 3.22. The molecule has 1 saturated carbocycles. The number of hydrogen-bond donors (Lipinski definition) is 1. The summed E-state index contributed by atoms with van der Waals surface area (Å²) in [5.74, 6) is 0.756. The molecule has 0 aromatic carbocycles. The average molecular weight is 273 g/mol. The summed E-state index contributed by atoms with van der Waals surface area (Å²) < 4.78 is 22.8. The first-order chi connectivity index (χ1) is 8.36. The first-order valence-corrected chi connectivity index (χ1v) is 9.15. The Morgan fingerprint density at radius 2 is 1.56 bits per heavy atom. The van der Waals surface area contributed by atoms with Crippen LogP contribution < -0.4 is 5.32 Å². The molecule has 1 heterocycles. The Hall–Kier alpha value is -0.0900. The first-order valence-electron chi connectivity index (χ1n) is 7.33. The molecule has 1 N–H and O–H groups in total. The second kappa shape index (κ2) is 5.49. The van der Waals surface area contributed by atoms with E-state index in [1.807, 2.05) is 0 Å². The molecule has 1 unspecified atom stereocenters. The van der Waals surface area contributed by atoms with Crippen LogP contribution in [0.2, 0.25) is 0 Å². The highest BCUT2D eigenvalue weighted by atomic mass is 32.2. The second-order valence-electron chi connectivity index (χ2n) is 6.88. The minimum atomic E-state index is -2.72. The molecule has 1 aliphatic heterocycles. The molecule has 0 radical (unpaired) electrons. The monoisotopic (exact) mass is 273 g/mol. The number of nitrogens with one attached hydrogen (secondary N) is 1. The van der Waals surface area contributed by atoms with Gasteiger partial charge in [-0.25, -0.2) is 8.42 Å². The molecule has 1 saturated heterocycles. The van der Waals surface area contributed by atoms with Gasteiger partial charge in [-0.05, 0) is 43.9 Å². The summed E-state index contributed by atoms with van der Waals surface area (Å²) in [5.41, 5.74) is 0.492. The van der Waals surface area contributed by atoms with E-state index in [1.165, 1.54) is 32.1 Å². The highest BCUT2D eigenvalue weighted by Crippen LogP contribution is 2.34. The molecule has 3 nitrogen and oxygen atoms in total. The maximum atomic E-state index is 11.4. The number of rotatable bonds is 2. The normalized spacial score (nSPS) is 32.9. The van der Waals surface area contributed by atoms with E-state index in [4.69, 9.17) is 0 Å². The summed E-state index contributed by atoms with van der Waals surface area (Å²) in [6.07, 6.45) is 8.03. The van der Waals surface area contributed by atoms with Crippen molar-refractivity contribution in [2.45, 2.75) is 70.9 Å². The van der Waals surface area contributed by atoms with Gasteiger partial charge < -0.3 is 5.32 Å². The van der Waals surface area contributed by atoms with Crippen LogP contribution in [-0.2, 0) is 9.84 Å². The van der Waals surface area contributed by atoms with E-state index in [0.29, 0.717) is 29.0 Å². The van der Waals surface area contributed by atoms with Crippen molar-refractivity contribution in [1.29, 1.82) is 0 Å². The van der Waals surface area contributed by atoms with E-state index in [2.05, 4.69) is 19.2 Å². The van der Waals surface area contributed by atoms with Gasteiger partial charge in [0.05, 0.1) is 11.5 Å². The molecule has 0 spiro atoms. The minimum Gasteiger partial charge on any atom is -0.311 e. The van der Waals surface area contributed by atoms with Gasteiger partial charge in [0.15, 0.2) is 0 Å². The molecule has 106 valence electrons. The third-order valence-electron chi connectivity index (χ3n) is 4.60. The molecule has 0 aromatic rings. The smallest absolute Gasteiger partial charge is 0.150 e. The van der Waals surface area contributed by atoms with Crippen LogP contribution in [0.1, 0.15) is 58.8 Å². The van der Waals surface area contributed by atoms with E-state index >= 15 is 0 Å². The molecule has 1 aliphatic carbocycles. The van der Waals surface area contributed by atoms with Gasteiger partial charge in [0, 0.05) is 12.1 Å². The van der Waals surface area contributed by atoms with Gasteiger partial charge in [-0.1, -0.05) is 20.3 Å². The third kappa shape index (κ3) is 4.23. The van der Waals surface area contributed by atoms with Crippen molar-refractivity contribution in [3.05, 3.63) is 0 Å². The van der Waals surface area contributed by atoms with Crippen molar-refractivity contribution < 1.29 is 8.42 Å². The van der Waals surface area contributed by atoms with Gasteiger partial charge in [0.25, 0.3) is 0 Å². The highest BCUT2D eigenvalue weighted by Gasteiger charge is 2.28. The summed E-state index contributed by atoms with van der Waals surface area (Å²) in [6.45, 7) is 4.73. The fourth-order valence-corrected chi connectivity index (χ4v) is 4.71. The lowest BCUT2D eigenvalue weighted by Crippen LogP contribution is -2.43. The molecule has 1 atom stereocenters. The summed E-state index contributed by atoms with van der Waals surface area (Å²) in [7, 11) is -2.72. The first kappa shape index (κ1) is 14.3. The quantitative estimate of drug-likeness (QED) is 0.786. The zero-order chi connectivity index (χ0) is 13.2. The lowest BCUT2D eigenvalue weighted by atomic mass is 9.85. The van der Waals surface area contributed by atoms with Crippen molar-refractivity contribution in [1.82, 2.24) is 5.32 Å².